The quantitative estimate of drug-likeness (QED) is 0.848. The number of nitrogens with zero attached hydrogens (tertiary/aromatic N) is 2. The van der Waals surface area contributed by atoms with E-state index in [1.54, 1.807) is 7.11 Å². The SMILES string of the molecule is COCC(CCCN)N1CCN(C)c2ccccc21. The number of ether oxygens (including phenoxy) is 1. The standard InChI is InChI=1S/C15H25N3O/c1-17-10-11-18(13(12-19-2)6-5-9-16)15-8-4-3-7-14(15)17/h3-4,7-8,13H,5-6,9-12,16H2,1-2H3. The summed E-state index contributed by atoms with van der Waals surface area (Å²) in [5.41, 5.74) is 8.27. The highest BCUT2D eigenvalue weighted by molar-refractivity contribution is 5.73. The first-order valence-electron chi connectivity index (χ1n) is 7.03. The number of likely N-dealkylation sites (N-methyl/N-ethyl adjacent to an activating group) is 1. The molecule has 0 saturated heterocycles. The second-order valence-corrected chi connectivity index (χ2v) is 5.14. The lowest BCUT2D eigenvalue weighted by Gasteiger charge is -2.41. The van der Waals surface area contributed by atoms with Crippen LogP contribution in [0, 0.1) is 0 Å². The predicted octanol–water partition coefficient (Wildman–Crippen LogP) is 1.70. The smallest absolute Gasteiger partial charge is 0.0666 e. The van der Waals surface area contributed by atoms with Crippen LogP contribution in [-0.2, 0) is 4.74 Å². The van der Waals surface area contributed by atoms with Gasteiger partial charge in [-0.2, -0.15) is 0 Å². The third-order valence-electron chi connectivity index (χ3n) is 3.82. The number of rotatable bonds is 6. The molecule has 2 N–H and O–H groups in total. The maximum absolute atomic E-state index is 5.65. The molecule has 0 fully saturated rings. The minimum absolute atomic E-state index is 0.420. The molecule has 1 atom stereocenters. The van der Waals surface area contributed by atoms with Gasteiger partial charge in [-0.05, 0) is 31.5 Å². The number of para-hydroxylation sites is 2. The number of hydrogen-bond acceptors (Lipinski definition) is 4. The van der Waals surface area contributed by atoms with Gasteiger partial charge in [-0.1, -0.05) is 12.1 Å². The molecular weight excluding hydrogens is 238 g/mol. The van der Waals surface area contributed by atoms with Crippen LogP contribution in [0.15, 0.2) is 24.3 Å². The van der Waals surface area contributed by atoms with Gasteiger partial charge in [0.25, 0.3) is 0 Å². The zero-order valence-corrected chi connectivity index (χ0v) is 12.0. The number of hydrogen-bond donors (Lipinski definition) is 1. The van der Waals surface area contributed by atoms with Gasteiger partial charge in [0.1, 0.15) is 0 Å². The summed E-state index contributed by atoms with van der Waals surface area (Å²) >= 11 is 0. The molecule has 106 valence electrons. The van der Waals surface area contributed by atoms with Gasteiger partial charge in [-0.3, -0.25) is 0 Å². The second kappa shape index (κ2) is 6.78. The van der Waals surface area contributed by atoms with Crippen LogP contribution in [0.25, 0.3) is 0 Å². The maximum atomic E-state index is 5.65. The third kappa shape index (κ3) is 3.19. The van der Waals surface area contributed by atoms with Gasteiger partial charge in [-0.25, -0.2) is 0 Å². The summed E-state index contributed by atoms with van der Waals surface area (Å²) < 4.78 is 5.40. The van der Waals surface area contributed by atoms with Crippen LogP contribution in [0.1, 0.15) is 12.8 Å². The van der Waals surface area contributed by atoms with E-state index in [9.17, 15) is 0 Å². The molecule has 0 bridgehead atoms. The maximum Gasteiger partial charge on any atom is 0.0666 e. The van der Waals surface area contributed by atoms with Crippen LogP contribution in [0.4, 0.5) is 11.4 Å². The molecule has 1 aromatic carbocycles. The number of benzene rings is 1. The summed E-state index contributed by atoms with van der Waals surface area (Å²) in [6, 6.07) is 9.02. The Morgan fingerprint density at radius 1 is 1.26 bits per heavy atom. The van der Waals surface area contributed by atoms with E-state index in [-0.39, 0.29) is 0 Å². The predicted molar refractivity (Wildman–Crippen MR) is 81.0 cm³/mol. The van der Waals surface area contributed by atoms with Gasteiger partial charge in [-0.15, -0.1) is 0 Å². The number of methoxy groups -OCH3 is 1. The van der Waals surface area contributed by atoms with Crippen LogP contribution in [0.5, 0.6) is 0 Å². The van der Waals surface area contributed by atoms with Gasteiger partial charge in [0.2, 0.25) is 0 Å². The van der Waals surface area contributed by atoms with E-state index in [1.807, 2.05) is 0 Å². The van der Waals surface area contributed by atoms with Gasteiger partial charge >= 0.3 is 0 Å². The van der Waals surface area contributed by atoms with Crippen LogP contribution in [-0.4, -0.2) is 46.4 Å². The molecule has 2 rings (SSSR count). The van der Waals surface area contributed by atoms with Gasteiger partial charge < -0.3 is 20.3 Å². The summed E-state index contributed by atoms with van der Waals surface area (Å²) in [4.78, 5) is 4.80. The number of nitrogens with two attached hydrogens (primary N) is 1. The van der Waals surface area contributed by atoms with Crippen LogP contribution < -0.4 is 15.5 Å². The molecule has 1 aliphatic heterocycles. The molecule has 1 unspecified atom stereocenters. The zero-order valence-electron chi connectivity index (χ0n) is 12.0. The molecule has 4 heteroatoms. The van der Waals surface area contributed by atoms with Crippen molar-refractivity contribution in [2.24, 2.45) is 5.73 Å². The zero-order chi connectivity index (χ0) is 13.7. The normalized spacial score (nSPS) is 16.4. The Morgan fingerprint density at radius 2 is 2.00 bits per heavy atom. The lowest BCUT2D eigenvalue weighted by atomic mass is 10.1. The lowest BCUT2D eigenvalue weighted by Crippen LogP contribution is -2.47. The fourth-order valence-electron chi connectivity index (χ4n) is 2.78. The monoisotopic (exact) mass is 263 g/mol. The number of anilines is 2. The van der Waals surface area contributed by atoms with Crippen molar-refractivity contribution >= 4 is 11.4 Å². The van der Waals surface area contributed by atoms with Gasteiger partial charge in [0.15, 0.2) is 0 Å². The van der Waals surface area contributed by atoms with Crippen molar-refractivity contribution in [1.82, 2.24) is 0 Å². The Labute approximate surface area is 116 Å². The van der Waals surface area contributed by atoms with Crippen molar-refractivity contribution in [2.75, 3.05) is 50.2 Å². The van der Waals surface area contributed by atoms with Crippen LogP contribution in [0.2, 0.25) is 0 Å². The first-order valence-corrected chi connectivity index (χ1v) is 7.03. The molecular formula is C15H25N3O. The lowest BCUT2D eigenvalue weighted by molar-refractivity contribution is 0.172. The molecule has 19 heavy (non-hydrogen) atoms. The minimum Gasteiger partial charge on any atom is -0.383 e. The first kappa shape index (κ1) is 14.2. The third-order valence-corrected chi connectivity index (χ3v) is 3.82. The summed E-state index contributed by atoms with van der Waals surface area (Å²) in [5.74, 6) is 0. The summed E-state index contributed by atoms with van der Waals surface area (Å²) in [5, 5.41) is 0. The van der Waals surface area contributed by atoms with Crippen molar-refractivity contribution in [3.8, 4) is 0 Å². The fraction of sp³-hybridized carbons (Fsp3) is 0.600. The molecule has 0 aliphatic carbocycles. The van der Waals surface area contributed by atoms with E-state index in [1.165, 1.54) is 11.4 Å². The molecule has 4 nitrogen and oxygen atoms in total. The van der Waals surface area contributed by atoms with Crippen molar-refractivity contribution < 1.29 is 4.74 Å². The summed E-state index contributed by atoms with van der Waals surface area (Å²) in [6.07, 6.45) is 2.13. The molecule has 0 amide bonds. The highest BCUT2D eigenvalue weighted by Crippen LogP contribution is 2.33. The highest BCUT2D eigenvalue weighted by Gasteiger charge is 2.25. The van der Waals surface area contributed by atoms with E-state index in [2.05, 4.69) is 41.1 Å². The summed E-state index contributed by atoms with van der Waals surface area (Å²) in [6.45, 7) is 3.61. The Morgan fingerprint density at radius 3 is 2.68 bits per heavy atom. The molecule has 0 aromatic heterocycles. The van der Waals surface area contributed by atoms with Crippen molar-refractivity contribution in [2.45, 2.75) is 18.9 Å². The Kier molecular flexibility index (Phi) is 5.05. The van der Waals surface area contributed by atoms with Crippen molar-refractivity contribution in [3.63, 3.8) is 0 Å². The van der Waals surface area contributed by atoms with Crippen LogP contribution >= 0.6 is 0 Å². The Balaban J connectivity index is 2.20. The van der Waals surface area contributed by atoms with E-state index in [0.29, 0.717) is 6.04 Å². The van der Waals surface area contributed by atoms with Gasteiger partial charge in [0.05, 0.1) is 24.0 Å². The topological polar surface area (TPSA) is 41.7 Å². The van der Waals surface area contributed by atoms with Crippen LogP contribution in [0.3, 0.4) is 0 Å². The van der Waals surface area contributed by atoms with Crippen molar-refractivity contribution in [1.29, 1.82) is 0 Å². The molecule has 1 aliphatic rings. The van der Waals surface area contributed by atoms with E-state index in [4.69, 9.17) is 10.5 Å². The second-order valence-electron chi connectivity index (χ2n) is 5.14. The Hall–Kier alpha value is -1.26. The average Bonchev–Trinajstić information content (AvgIpc) is 2.45. The highest BCUT2D eigenvalue weighted by atomic mass is 16.5. The van der Waals surface area contributed by atoms with Gasteiger partial charge in [0, 0.05) is 27.2 Å². The molecule has 0 spiro atoms. The molecule has 0 radical (unpaired) electrons. The number of fused-ring (bicyclic) bond motifs is 1. The summed E-state index contributed by atoms with van der Waals surface area (Å²) in [7, 11) is 3.93. The molecule has 1 heterocycles. The molecule has 1 aromatic rings. The van der Waals surface area contributed by atoms with E-state index < -0.39 is 0 Å². The van der Waals surface area contributed by atoms with Crippen molar-refractivity contribution in [3.05, 3.63) is 24.3 Å². The largest absolute Gasteiger partial charge is 0.383 e. The first-order chi connectivity index (χ1) is 9.27. The van der Waals surface area contributed by atoms with E-state index >= 15 is 0 Å². The van der Waals surface area contributed by atoms with E-state index in [0.717, 1.165) is 39.1 Å². The Bertz CT molecular complexity index is 397. The minimum atomic E-state index is 0.420. The molecule has 0 saturated carbocycles. The fourth-order valence-corrected chi connectivity index (χ4v) is 2.78. The average molecular weight is 263 g/mol.